The number of aliphatic carboxylic acids is 1. The molecule has 0 radical (unpaired) electrons. The summed E-state index contributed by atoms with van der Waals surface area (Å²) >= 11 is 0. The number of carboxylic acid groups (broad SMARTS) is 1. The normalized spacial score (nSPS) is 19.8. The molecular weight excluding hydrogens is 384 g/mol. The minimum Gasteiger partial charge on any atom is -0.550 e. The Hall–Kier alpha value is -3.09. The van der Waals surface area contributed by atoms with Gasteiger partial charge in [-0.15, -0.1) is 0 Å². The summed E-state index contributed by atoms with van der Waals surface area (Å²) in [6, 6.07) is 11.3. The van der Waals surface area contributed by atoms with Crippen molar-refractivity contribution in [3.05, 3.63) is 52.4 Å². The Morgan fingerprint density at radius 2 is 1.83 bits per heavy atom. The van der Waals surface area contributed by atoms with Gasteiger partial charge in [-0.1, -0.05) is 12.1 Å². The van der Waals surface area contributed by atoms with Crippen LogP contribution in [0.5, 0.6) is 5.75 Å². The number of benzene rings is 1. The first-order chi connectivity index (χ1) is 14.5. The molecule has 4 rings (SSSR count). The molecule has 2 bridgehead atoms. The van der Waals surface area contributed by atoms with Crippen molar-refractivity contribution in [1.29, 1.82) is 0 Å². The van der Waals surface area contributed by atoms with Crippen LogP contribution in [0.3, 0.4) is 0 Å². The maximum Gasteiger partial charge on any atom is 0.258 e. The van der Waals surface area contributed by atoms with E-state index >= 15 is 0 Å². The molecule has 7 nitrogen and oxygen atoms in total. The molecule has 2 atom stereocenters. The lowest BCUT2D eigenvalue weighted by Crippen LogP contribution is -2.49. The highest BCUT2D eigenvalue weighted by Gasteiger charge is 2.36. The lowest BCUT2D eigenvalue weighted by Gasteiger charge is -2.43. The minimum absolute atomic E-state index is 0.00102. The molecule has 0 saturated carbocycles. The standard InChI is InChI=1S/C23H26N2O5/c1-30-18-7-5-16(6-8-18)19-9-10-20-17-11-15(13-25(20)23(19)29)12-24(14-17)21(26)3-2-4-22(27)28/h5-10,15,17H,2-4,11-14H2,1H3,(H,27,28)/p-1/t15-,17+/m0/s1. The van der Waals surface area contributed by atoms with E-state index in [0.29, 0.717) is 31.6 Å². The van der Waals surface area contributed by atoms with Crippen molar-refractivity contribution in [2.75, 3.05) is 20.2 Å². The predicted molar refractivity (Wildman–Crippen MR) is 109 cm³/mol. The van der Waals surface area contributed by atoms with E-state index in [1.165, 1.54) is 0 Å². The number of likely N-dealkylation sites (tertiary alicyclic amines) is 1. The van der Waals surface area contributed by atoms with E-state index in [1.807, 2.05) is 45.9 Å². The van der Waals surface area contributed by atoms with Crippen molar-refractivity contribution < 1.29 is 19.4 Å². The highest BCUT2D eigenvalue weighted by Crippen LogP contribution is 2.36. The summed E-state index contributed by atoms with van der Waals surface area (Å²) < 4.78 is 7.07. The van der Waals surface area contributed by atoms with Gasteiger partial charge >= 0.3 is 0 Å². The number of ether oxygens (including phenoxy) is 1. The molecule has 30 heavy (non-hydrogen) atoms. The molecule has 2 aliphatic rings. The van der Waals surface area contributed by atoms with Gasteiger partial charge < -0.3 is 24.1 Å². The summed E-state index contributed by atoms with van der Waals surface area (Å²) in [5.74, 6) is -0.0445. The molecule has 7 heteroatoms. The van der Waals surface area contributed by atoms with Crippen molar-refractivity contribution in [2.24, 2.45) is 5.92 Å². The first kappa shape index (κ1) is 20.2. The summed E-state index contributed by atoms with van der Waals surface area (Å²) in [5.41, 5.74) is 2.50. The molecule has 0 unspecified atom stereocenters. The van der Waals surface area contributed by atoms with Gasteiger partial charge in [0.15, 0.2) is 0 Å². The second-order valence-corrected chi connectivity index (χ2v) is 8.14. The zero-order chi connectivity index (χ0) is 21.3. The van der Waals surface area contributed by atoms with Crippen molar-refractivity contribution >= 4 is 11.9 Å². The lowest BCUT2D eigenvalue weighted by molar-refractivity contribution is -0.305. The Kier molecular flexibility index (Phi) is 5.61. The zero-order valence-corrected chi connectivity index (χ0v) is 17.0. The number of hydrogen-bond donors (Lipinski definition) is 0. The zero-order valence-electron chi connectivity index (χ0n) is 17.0. The van der Waals surface area contributed by atoms with Crippen LogP contribution in [-0.4, -0.2) is 41.5 Å². The Morgan fingerprint density at radius 3 is 2.53 bits per heavy atom. The fraction of sp³-hybridized carbons (Fsp3) is 0.435. The monoisotopic (exact) mass is 409 g/mol. The van der Waals surface area contributed by atoms with Gasteiger partial charge in [0.25, 0.3) is 5.56 Å². The average Bonchev–Trinajstić information content (AvgIpc) is 2.74. The third-order valence-corrected chi connectivity index (χ3v) is 6.13. The van der Waals surface area contributed by atoms with Crippen LogP contribution in [0.25, 0.3) is 11.1 Å². The Morgan fingerprint density at radius 1 is 1.07 bits per heavy atom. The number of aromatic nitrogens is 1. The van der Waals surface area contributed by atoms with E-state index in [1.54, 1.807) is 7.11 Å². The van der Waals surface area contributed by atoms with Gasteiger partial charge in [-0.25, -0.2) is 0 Å². The Balaban J connectivity index is 1.54. The number of amides is 1. The van der Waals surface area contributed by atoms with E-state index in [2.05, 4.69) is 0 Å². The molecule has 1 amide bonds. The summed E-state index contributed by atoms with van der Waals surface area (Å²) in [7, 11) is 1.61. The van der Waals surface area contributed by atoms with Crippen LogP contribution >= 0.6 is 0 Å². The number of nitrogens with zero attached hydrogens (tertiary/aromatic N) is 2. The van der Waals surface area contributed by atoms with Gasteiger partial charge in [0.2, 0.25) is 5.91 Å². The smallest absolute Gasteiger partial charge is 0.258 e. The number of methoxy groups -OCH3 is 1. The molecule has 3 heterocycles. The number of carbonyl (C=O) groups excluding carboxylic acids is 2. The van der Waals surface area contributed by atoms with E-state index in [4.69, 9.17) is 4.74 Å². The maximum absolute atomic E-state index is 13.2. The van der Waals surface area contributed by atoms with Crippen LogP contribution in [-0.2, 0) is 16.1 Å². The second-order valence-electron chi connectivity index (χ2n) is 8.14. The van der Waals surface area contributed by atoms with Crippen molar-refractivity contribution in [2.45, 2.75) is 38.1 Å². The van der Waals surface area contributed by atoms with E-state index in [9.17, 15) is 19.5 Å². The average molecular weight is 409 g/mol. The third-order valence-electron chi connectivity index (χ3n) is 6.13. The molecule has 1 aromatic heterocycles. The number of carboxylic acids is 1. The largest absolute Gasteiger partial charge is 0.550 e. The molecule has 158 valence electrons. The highest BCUT2D eigenvalue weighted by molar-refractivity contribution is 5.77. The summed E-state index contributed by atoms with van der Waals surface area (Å²) in [6.07, 6.45) is 1.38. The molecular formula is C23H25N2O5-. The first-order valence-electron chi connectivity index (χ1n) is 10.3. The van der Waals surface area contributed by atoms with Crippen LogP contribution in [0.2, 0.25) is 0 Å². The molecule has 0 N–H and O–H groups in total. The third kappa shape index (κ3) is 3.97. The summed E-state index contributed by atoms with van der Waals surface area (Å²) in [5, 5.41) is 10.6. The summed E-state index contributed by atoms with van der Waals surface area (Å²) in [4.78, 5) is 38.1. The van der Waals surface area contributed by atoms with Crippen LogP contribution in [0.1, 0.15) is 37.3 Å². The van der Waals surface area contributed by atoms with Gasteiger partial charge in [-0.2, -0.15) is 0 Å². The van der Waals surface area contributed by atoms with Crippen molar-refractivity contribution in [3.8, 4) is 16.9 Å². The topological polar surface area (TPSA) is 91.7 Å². The van der Waals surface area contributed by atoms with E-state index < -0.39 is 5.97 Å². The molecule has 0 aliphatic carbocycles. The predicted octanol–water partition coefficient (Wildman–Crippen LogP) is 1.39. The first-order valence-corrected chi connectivity index (χ1v) is 10.3. The van der Waals surface area contributed by atoms with Gasteiger partial charge in [0, 0.05) is 49.2 Å². The van der Waals surface area contributed by atoms with E-state index in [-0.39, 0.29) is 36.1 Å². The summed E-state index contributed by atoms with van der Waals surface area (Å²) in [6.45, 7) is 1.78. The molecule has 2 aliphatic heterocycles. The minimum atomic E-state index is -1.13. The van der Waals surface area contributed by atoms with Gasteiger partial charge in [0.1, 0.15) is 5.75 Å². The van der Waals surface area contributed by atoms with Crippen molar-refractivity contribution in [3.63, 3.8) is 0 Å². The number of hydrogen-bond acceptors (Lipinski definition) is 5. The SMILES string of the molecule is COc1ccc(-c2ccc3n(c2=O)C[C@H]2C[C@@H]3CN(C(=O)CCCC(=O)[O-])C2)cc1. The number of fused-ring (bicyclic) bond motifs is 4. The Bertz CT molecular complexity index is 1010. The molecule has 1 saturated heterocycles. The fourth-order valence-electron chi connectivity index (χ4n) is 4.68. The van der Waals surface area contributed by atoms with E-state index in [0.717, 1.165) is 23.4 Å². The molecule has 1 aromatic carbocycles. The maximum atomic E-state index is 13.2. The lowest BCUT2D eigenvalue weighted by atomic mass is 9.82. The van der Waals surface area contributed by atoms with Crippen LogP contribution < -0.4 is 15.4 Å². The van der Waals surface area contributed by atoms with Crippen LogP contribution in [0.15, 0.2) is 41.2 Å². The Labute approximate surface area is 174 Å². The number of pyridine rings is 1. The fourth-order valence-corrected chi connectivity index (χ4v) is 4.68. The molecule has 2 aromatic rings. The van der Waals surface area contributed by atoms with Gasteiger partial charge in [-0.3, -0.25) is 9.59 Å². The van der Waals surface area contributed by atoms with Gasteiger partial charge in [-0.05, 0) is 55.0 Å². The highest BCUT2D eigenvalue weighted by atomic mass is 16.5. The van der Waals surface area contributed by atoms with Crippen LogP contribution in [0, 0.1) is 5.92 Å². The van der Waals surface area contributed by atoms with Crippen molar-refractivity contribution in [1.82, 2.24) is 9.47 Å². The van der Waals surface area contributed by atoms with Gasteiger partial charge in [0.05, 0.1) is 7.11 Å². The number of piperidine rings is 1. The number of rotatable bonds is 6. The second kappa shape index (κ2) is 8.34. The number of carbonyl (C=O) groups is 2. The van der Waals surface area contributed by atoms with Crippen LogP contribution in [0.4, 0.5) is 0 Å². The molecule has 0 spiro atoms. The quantitative estimate of drug-likeness (QED) is 0.719. The molecule has 1 fully saturated rings.